The molecule has 6 heteroatoms. The highest BCUT2D eigenvalue weighted by atomic mass is 35.5. The summed E-state index contributed by atoms with van der Waals surface area (Å²) in [5, 5.41) is 5.65. The summed E-state index contributed by atoms with van der Waals surface area (Å²) in [7, 11) is 0. The number of thiazole rings is 1. The predicted molar refractivity (Wildman–Crippen MR) is 107 cm³/mol. The van der Waals surface area contributed by atoms with Crippen LogP contribution < -0.4 is 5.32 Å². The average Bonchev–Trinajstić information content (AvgIpc) is 3.20. The number of anilines is 1. The molecule has 1 amide bonds. The highest BCUT2D eigenvalue weighted by molar-refractivity contribution is 7.15. The summed E-state index contributed by atoms with van der Waals surface area (Å²) in [4.78, 5) is 17.9. The number of rotatable bonds is 4. The van der Waals surface area contributed by atoms with Gasteiger partial charge in [-0.25, -0.2) is 4.98 Å². The summed E-state index contributed by atoms with van der Waals surface area (Å²) in [6.07, 6.45) is 2.26. The van der Waals surface area contributed by atoms with E-state index in [9.17, 15) is 4.79 Å². The van der Waals surface area contributed by atoms with Gasteiger partial charge >= 0.3 is 0 Å². The number of fused-ring (bicyclic) bond motifs is 1. The number of carbonyl (C=O) groups excluding carboxylic acids is 1. The summed E-state index contributed by atoms with van der Waals surface area (Å²) in [5.74, 6) is -0.0410. The minimum absolute atomic E-state index is 0.0410. The lowest BCUT2D eigenvalue weighted by Gasteiger charge is -2.07. The third-order valence-corrected chi connectivity index (χ3v) is 5.32. The topological polar surface area (TPSA) is 46.4 Å². The summed E-state index contributed by atoms with van der Waals surface area (Å²) in [6.45, 7) is 1.98. The van der Waals surface area contributed by atoms with Gasteiger partial charge in [0.15, 0.2) is 4.96 Å². The normalized spacial score (nSPS) is 11.0. The first kappa shape index (κ1) is 16.8. The zero-order chi connectivity index (χ0) is 18.1. The van der Waals surface area contributed by atoms with Crippen molar-refractivity contribution in [2.45, 2.75) is 13.3 Å². The minimum Gasteiger partial charge on any atom is -0.326 e. The fraction of sp³-hybridized carbons (Fsp3) is 0.100. The molecule has 0 aliphatic heterocycles. The number of imidazole rings is 1. The number of benzene rings is 2. The highest BCUT2D eigenvalue weighted by Gasteiger charge is 2.13. The summed E-state index contributed by atoms with van der Waals surface area (Å²) in [5.41, 5.74) is 4.68. The van der Waals surface area contributed by atoms with E-state index in [1.165, 1.54) is 11.3 Å². The fourth-order valence-corrected chi connectivity index (χ4v) is 3.79. The van der Waals surface area contributed by atoms with E-state index in [1.807, 2.05) is 71.4 Å². The molecule has 0 saturated carbocycles. The van der Waals surface area contributed by atoms with Crippen LogP contribution in [0.1, 0.15) is 11.3 Å². The van der Waals surface area contributed by atoms with Crippen molar-refractivity contribution < 1.29 is 4.79 Å². The van der Waals surface area contributed by atoms with E-state index in [1.54, 1.807) is 0 Å². The van der Waals surface area contributed by atoms with Gasteiger partial charge in [-0.3, -0.25) is 9.20 Å². The van der Waals surface area contributed by atoms with Gasteiger partial charge in [0.2, 0.25) is 5.91 Å². The lowest BCUT2D eigenvalue weighted by Crippen LogP contribution is -2.15. The number of amides is 1. The van der Waals surface area contributed by atoms with Gasteiger partial charge in [0.25, 0.3) is 0 Å². The maximum Gasteiger partial charge on any atom is 0.230 e. The second kappa shape index (κ2) is 6.94. The molecule has 0 spiro atoms. The zero-order valence-electron chi connectivity index (χ0n) is 14.1. The van der Waals surface area contributed by atoms with E-state index in [4.69, 9.17) is 11.6 Å². The average molecular weight is 382 g/mol. The maximum atomic E-state index is 12.4. The zero-order valence-corrected chi connectivity index (χ0v) is 15.6. The molecule has 2 aromatic heterocycles. The molecule has 4 nitrogen and oxygen atoms in total. The van der Waals surface area contributed by atoms with Gasteiger partial charge in [-0.15, -0.1) is 11.3 Å². The van der Waals surface area contributed by atoms with Gasteiger partial charge in [0, 0.05) is 33.5 Å². The lowest BCUT2D eigenvalue weighted by atomic mass is 10.2. The van der Waals surface area contributed by atoms with Crippen molar-refractivity contribution >= 4 is 39.5 Å². The van der Waals surface area contributed by atoms with Crippen LogP contribution in [0.2, 0.25) is 5.02 Å². The number of aryl methyl sites for hydroxylation is 1. The van der Waals surface area contributed by atoms with Crippen molar-refractivity contribution in [3.8, 4) is 11.3 Å². The molecule has 0 fully saturated rings. The largest absolute Gasteiger partial charge is 0.326 e. The van der Waals surface area contributed by atoms with Crippen molar-refractivity contribution in [1.29, 1.82) is 0 Å². The van der Waals surface area contributed by atoms with Crippen LogP contribution in [0.25, 0.3) is 16.2 Å². The molecule has 2 heterocycles. The van der Waals surface area contributed by atoms with Crippen LogP contribution in [0.4, 0.5) is 5.69 Å². The molecule has 0 atom stereocenters. The Labute approximate surface area is 160 Å². The standard InChI is InChI=1S/C20H16ClN3OS/c1-13-4-2-3-5-17(13)22-19(25)10-16-12-26-20-23-18(11-24(16)20)14-6-8-15(21)9-7-14/h2-9,11-12H,10H2,1H3,(H,22,25). The molecule has 0 aliphatic carbocycles. The number of carbonyl (C=O) groups is 1. The van der Waals surface area contributed by atoms with E-state index in [2.05, 4.69) is 10.3 Å². The summed E-state index contributed by atoms with van der Waals surface area (Å²) in [6, 6.07) is 15.3. The van der Waals surface area contributed by atoms with Gasteiger partial charge in [0.05, 0.1) is 12.1 Å². The first-order chi connectivity index (χ1) is 12.6. The van der Waals surface area contributed by atoms with Gasteiger partial charge in [0.1, 0.15) is 0 Å². The quantitative estimate of drug-likeness (QED) is 0.527. The van der Waals surface area contributed by atoms with Gasteiger partial charge < -0.3 is 5.32 Å². The SMILES string of the molecule is Cc1ccccc1NC(=O)Cc1csc2nc(-c3ccc(Cl)cc3)cn12. The number of halogens is 1. The van der Waals surface area contributed by atoms with E-state index < -0.39 is 0 Å². The molecule has 1 N–H and O–H groups in total. The molecule has 0 radical (unpaired) electrons. The van der Waals surface area contributed by atoms with Gasteiger partial charge in [-0.05, 0) is 30.7 Å². The Bertz CT molecular complexity index is 1080. The number of nitrogens with one attached hydrogen (secondary N) is 1. The molecule has 4 rings (SSSR count). The first-order valence-electron chi connectivity index (χ1n) is 8.17. The first-order valence-corrected chi connectivity index (χ1v) is 9.43. The van der Waals surface area contributed by atoms with E-state index in [0.717, 1.165) is 33.2 Å². The predicted octanol–water partition coefficient (Wildman–Crippen LogP) is 5.21. The molecule has 0 aliphatic rings. The van der Waals surface area contributed by atoms with E-state index in [0.29, 0.717) is 11.4 Å². The number of para-hydroxylation sites is 1. The minimum atomic E-state index is -0.0410. The molecule has 2 aromatic carbocycles. The van der Waals surface area contributed by atoms with E-state index >= 15 is 0 Å². The Balaban J connectivity index is 1.56. The number of aromatic nitrogens is 2. The monoisotopic (exact) mass is 381 g/mol. The molecule has 130 valence electrons. The van der Waals surface area contributed by atoms with Crippen LogP contribution >= 0.6 is 22.9 Å². The van der Waals surface area contributed by atoms with Crippen LogP contribution in [0.3, 0.4) is 0 Å². The van der Waals surface area contributed by atoms with Crippen LogP contribution in [-0.4, -0.2) is 15.3 Å². The van der Waals surface area contributed by atoms with Crippen molar-refractivity contribution in [3.05, 3.63) is 76.4 Å². The molecular weight excluding hydrogens is 366 g/mol. The van der Waals surface area contributed by atoms with Crippen LogP contribution in [0, 0.1) is 6.92 Å². The number of nitrogens with zero attached hydrogens (tertiary/aromatic N) is 2. The Kier molecular flexibility index (Phi) is 4.49. The second-order valence-corrected chi connectivity index (χ2v) is 7.33. The van der Waals surface area contributed by atoms with Crippen molar-refractivity contribution in [1.82, 2.24) is 9.38 Å². The summed E-state index contributed by atoms with van der Waals surface area (Å²) < 4.78 is 1.98. The molecule has 0 saturated heterocycles. The molecule has 26 heavy (non-hydrogen) atoms. The lowest BCUT2D eigenvalue weighted by molar-refractivity contribution is -0.115. The smallest absolute Gasteiger partial charge is 0.230 e. The Morgan fingerprint density at radius 1 is 1.19 bits per heavy atom. The number of hydrogen-bond donors (Lipinski definition) is 1. The van der Waals surface area contributed by atoms with Gasteiger partial charge in [-0.2, -0.15) is 0 Å². The second-order valence-electron chi connectivity index (χ2n) is 6.05. The molecule has 4 aromatic rings. The van der Waals surface area contributed by atoms with Crippen molar-refractivity contribution in [2.75, 3.05) is 5.32 Å². The Morgan fingerprint density at radius 3 is 2.73 bits per heavy atom. The molecular formula is C20H16ClN3OS. The van der Waals surface area contributed by atoms with Crippen molar-refractivity contribution in [3.63, 3.8) is 0 Å². The summed E-state index contributed by atoms with van der Waals surface area (Å²) >= 11 is 7.48. The van der Waals surface area contributed by atoms with Crippen LogP contribution in [0.5, 0.6) is 0 Å². The molecule has 0 unspecified atom stereocenters. The maximum absolute atomic E-state index is 12.4. The van der Waals surface area contributed by atoms with E-state index in [-0.39, 0.29) is 5.91 Å². The third kappa shape index (κ3) is 3.36. The third-order valence-electron chi connectivity index (χ3n) is 4.18. The fourth-order valence-electron chi connectivity index (χ4n) is 2.79. The van der Waals surface area contributed by atoms with Gasteiger partial charge in [-0.1, -0.05) is 41.9 Å². The Hall–Kier alpha value is -2.63. The van der Waals surface area contributed by atoms with Crippen molar-refractivity contribution in [2.24, 2.45) is 0 Å². The Morgan fingerprint density at radius 2 is 1.96 bits per heavy atom. The van der Waals surface area contributed by atoms with Crippen LogP contribution in [0.15, 0.2) is 60.1 Å². The number of hydrogen-bond acceptors (Lipinski definition) is 3. The molecule has 0 bridgehead atoms. The highest BCUT2D eigenvalue weighted by Crippen LogP contribution is 2.25. The van der Waals surface area contributed by atoms with Crippen LogP contribution in [-0.2, 0) is 11.2 Å².